The summed E-state index contributed by atoms with van der Waals surface area (Å²) in [4.78, 5) is 16.7. The third-order valence-corrected chi connectivity index (χ3v) is 4.77. The molecule has 0 spiro atoms. The molecule has 1 fully saturated rings. The quantitative estimate of drug-likeness (QED) is 0.753. The van der Waals surface area contributed by atoms with Gasteiger partial charge in [-0.05, 0) is 32.0 Å². The number of ether oxygens (including phenoxy) is 2. The van der Waals surface area contributed by atoms with E-state index in [1.54, 1.807) is 0 Å². The molecule has 1 aliphatic rings. The number of aryl methyl sites for hydroxylation is 1. The van der Waals surface area contributed by atoms with E-state index in [4.69, 9.17) is 9.47 Å². The molecule has 5 nitrogen and oxygen atoms in total. The van der Waals surface area contributed by atoms with Crippen molar-refractivity contribution in [3.05, 3.63) is 59.7 Å². The number of carbonyl (C=O) groups is 1. The molecule has 144 valence electrons. The third-order valence-electron chi connectivity index (χ3n) is 4.77. The molecule has 0 atom stereocenters. The topological polar surface area (TPSA) is 42.0 Å². The van der Waals surface area contributed by atoms with Gasteiger partial charge >= 0.3 is 0 Å². The summed E-state index contributed by atoms with van der Waals surface area (Å²) in [5, 5.41) is 0. The van der Waals surface area contributed by atoms with Gasteiger partial charge in [0.05, 0.1) is 6.61 Å². The van der Waals surface area contributed by atoms with Crippen LogP contribution in [0.2, 0.25) is 0 Å². The van der Waals surface area contributed by atoms with Gasteiger partial charge in [-0.3, -0.25) is 9.69 Å². The highest BCUT2D eigenvalue weighted by atomic mass is 16.5. The first-order valence-electron chi connectivity index (χ1n) is 9.56. The van der Waals surface area contributed by atoms with Crippen LogP contribution >= 0.6 is 0 Å². The van der Waals surface area contributed by atoms with E-state index in [0.29, 0.717) is 6.61 Å². The van der Waals surface area contributed by atoms with E-state index in [1.807, 2.05) is 61.2 Å². The van der Waals surface area contributed by atoms with E-state index in [0.717, 1.165) is 44.2 Å². The SMILES string of the molecule is CCOc1ccccc1CN1CCN(C(=O)COc2ccc(C)cc2)CC1. The first-order chi connectivity index (χ1) is 13.2. The van der Waals surface area contributed by atoms with E-state index in [1.165, 1.54) is 11.1 Å². The van der Waals surface area contributed by atoms with Gasteiger partial charge in [-0.25, -0.2) is 0 Å². The Morgan fingerprint density at radius 1 is 0.963 bits per heavy atom. The molecule has 0 N–H and O–H groups in total. The Morgan fingerprint density at radius 3 is 2.37 bits per heavy atom. The van der Waals surface area contributed by atoms with Crippen molar-refractivity contribution in [2.24, 2.45) is 0 Å². The second kappa shape index (κ2) is 9.42. The Balaban J connectivity index is 1.45. The Hall–Kier alpha value is -2.53. The standard InChI is InChI=1S/C22H28N2O3/c1-3-26-21-7-5-4-6-19(21)16-23-12-14-24(15-13-23)22(25)17-27-20-10-8-18(2)9-11-20/h4-11H,3,12-17H2,1-2H3. The van der Waals surface area contributed by atoms with Crippen molar-refractivity contribution >= 4 is 5.91 Å². The second-order valence-electron chi connectivity index (χ2n) is 6.80. The van der Waals surface area contributed by atoms with Gasteiger partial charge in [0, 0.05) is 38.3 Å². The number of hydrogen-bond acceptors (Lipinski definition) is 4. The largest absolute Gasteiger partial charge is 0.494 e. The lowest BCUT2D eigenvalue weighted by Gasteiger charge is -2.35. The maximum Gasteiger partial charge on any atom is 0.260 e. The van der Waals surface area contributed by atoms with Crippen LogP contribution in [-0.2, 0) is 11.3 Å². The normalized spacial score (nSPS) is 14.8. The number of hydrogen-bond donors (Lipinski definition) is 0. The minimum Gasteiger partial charge on any atom is -0.494 e. The zero-order valence-electron chi connectivity index (χ0n) is 16.2. The molecule has 5 heteroatoms. The first kappa shape index (κ1) is 19.2. The smallest absolute Gasteiger partial charge is 0.260 e. The van der Waals surface area contributed by atoms with Gasteiger partial charge < -0.3 is 14.4 Å². The maximum absolute atomic E-state index is 12.4. The average Bonchev–Trinajstić information content (AvgIpc) is 2.69. The Morgan fingerprint density at radius 2 is 1.67 bits per heavy atom. The van der Waals surface area contributed by atoms with E-state index in [2.05, 4.69) is 11.0 Å². The van der Waals surface area contributed by atoms with Gasteiger partial charge in [-0.1, -0.05) is 35.9 Å². The zero-order chi connectivity index (χ0) is 19.1. The number of carbonyl (C=O) groups excluding carboxylic acids is 1. The fourth-order valence-corrected chi connectivity index (χ4v) is 3.20. The molecule has 1 heterocycles. The molecule has 0 unspecified atom stereocenters. The lowest BCUT2D eigenvalue weighted by atomic mass is 10.1. The molecule has 0 aliphatic carbocycles. The first-order valence-corrected chi connectivity index (χ1v) is 9.56. The second-order valence-corrected chi connectivity index (χ2v) is 6.80. The molecule has 1 aliphatic heterocycles. The predicted molar refractivity (Wildman–Crippen MR) is 106 cm³/mol. The predicted octanol–water partition coefficient (Wildman–Crippen LogP) is 3.12. The van der Waals surface area contributed by atoms with E-state index >= 15 is 0 Å². The molecule has 0 bridgehead atoms. The van der Waals surface area contributed by atoms with Crippen molar-refractivity contribution in [3.63, 3.8) is 0 Å². The van der Waals surface area contributed by atoms with Crippen LogP contribution in [0.1, 0.15) is 18.1 Å². The van der Waals surface area contributed by atoms with Crippen LogP contribution < -0.4 is 9.47 Å². The van der Waals surface area contributed by atoms with Crippen molar-refractivity contribution in [3.8, 4) is 11.5 Å². The number of amides is 1. The molecule has 0 saturated carbocycles. The number of piperazine rings is 1. The highest BCUT2D eigenvalue weighted by molar-refractivity contribution is 5.77. The minimum absolute atomic E-state index is 0.0462. The van der Waals surface area contributed by atoms with E-state index < -0.39 is 0 Å². The summed E-state index contributed by atoms with van der Waals surface area (Å²) in [5.41, 5.74) is 2.37. The fourth-order valence-electron chi connectivity index (χ4n) is 3.20. The van der Waals surface area contributed by atoms with E-state index in [-0.39, 0.29) is 12.5 Å². The Bertz CT molecular complexity index is 737. The molecule has 2 aromatic rings. The lowest BCUT2D eigenvalue weighted by molar-refractivity contribution is -0.135. The number of rotatable bonds is 7. The summed E-state index contributed by atoms with van der Waals surface area (Å²) in [6.07, 6.45) is 0. The van der Waals surface area contributed by atoms with Gasteiger partial charge in [-0.2, -0.15) is 0 Å². The lowest BCUT2D eigenvalue weighted by Crippen LogP contribution is -2.49. The molecule has 1 saturated heterocycles. The highest BCUT2D eigenvalue weighted by Crippen LogP contribution is 2.20. The third kappa shape index (κ3) is 5.47. The van der Waals surface area contributed by atoms with Crippen molar-refractivity contribution in [2.75, 3.05) is 39.4 Å². The van der Waals surface area contributed by atoms with Crippen LogP contribution in [0.4, 0.5) is 0 Å². The monoisotopic (exact) mass is 368 g/mol. The van der Waals surface area contributed by atoms with Crippen molar-refractivity contribution in [2.45, 2.75) is 20.4 Å². The molecule has 3 rings (SSSR count). The molecule has 2 aromatic carbocycles. The molecule has 1 amide bonds. The molecule has 0 radical (unpaired) electrons. The molecular formula is C22H28N2O3. The average molecular weight is 368 g/mol. The number of benzene rings is 2. The summed E-state index contributed by atoms with van der Waals surface area (Å²) in [6, 6.07) is 15.9. The maximum atomic E-state index is 12.4. The number of para-hydroxylation sites is 1. The van der Waals surface area contributed by atoms with Crippen LogP contribution in [-0.4, -0.2) is 55.1 Å². The van der Waals surface area contributed by atoms with E-state index in [9.17, 15) is 4.79 Å². The van der Waals surface area contributed by atoms with Gasteiger partial charge in [0.25, 0.3) is 5.91 Å². The highest BCUT2D eigenvalue weighted by Gasteiger charge is 2.22. The van der Waals surface area contributed by atoms with Gasteiger partial charge in [-0.15, -0.1) is 0 Å². The minimum atomic E-state index is 0.0462. The van der Waals surface area contributed by atoms with Crippen molar-refractivity contribution in [1.29, 1.82) is 0 Å². The molecule has 27 heavy (non-hydrogen) atoms. The zero-order valence-corrected chi connectivity index (χ0v) is 16.2. The summed E-state index contributed by atoms with van der Waals surface area (Å²) < 4.78 is 11.3. The summed E-state index contributed by atoms with van der Waals surface area (Å²) in [7, 11) is 0. The van der Waals surface area contributed by atoms with Gasteiger partial charge in [0.15, 0.2) is 6.61 Å². The summed E-state index contributed by atoms with van der Waals surface area (Å²) in [5.74, 6) is 1.73. The van der Waals surface area contributed by atoms with Gasteiger partial charge in [0.1, 0.15) is 11.5 Å². The van der Waals surface area contributed by atoms with Gasteiger partial charge in [0.2, 0.25) is 0 Å². The molecular weight excluding hydrogens is 340 g/mol. The van der Waals surface area contributed by atoms with Crippen LogP contribution in [0.3, 0.4) is 0 Å². The van der Waals surface area contributed by atoms with Crippen LogP contribution in [0.5, 0.6) is 11.5 Å². The van der Waals surface area contributed by atoms with Crippen LogP contribution in [0, 0.1) is 6.92 Å². The van der Waals surface area contributed by atoms with Crippen molar-refractivity contribution in [1.82, 2.24) is 9.80 Å². The Labute approximate surface area is 161 Å². The summed E-state index contributed by atoms with van der Waals surface area (Å²) >= 11 is 0. The van der Waals surface area contributed by atoms with Crippen LogP contribution in [0.15, 0.2) is 48.5 Å². The Kier molecular flexibility index (Phi) is 6.71. The van der Waals surface area contributed by atoms with Crippen LogP contribution in [0.25, 0.3) is 0 Å². The van der Waals surface area contributed by atoms with Crippen molar-refractivity contribution < 1.29 is 14.3 Å². The molecule has 0 aromatic heterocycles. The number of nitrogens with zero attached hydrogens (tertiary/aromatic N) is 2. The fraction of sp³-hybridized carbons (Fsp3) is 0.409. The summed E-state index contributed by atoms with van der Waals surface area (Å²) in [6.45, 7) is 8.81.